The van der Waals surface area contributed by atoms with E-state index in [9.17, 15) is 13.6 Å². The number of carbonyl (C=O) groups excluding carboxylic acids is 1. The van der Waals surface area contributed by atoms with Gasteiger partial charge in [-0.2, -0.15) is 4.39 Å². The smallest absolute Gasteiger partial charge is 0.261 e. The number of fused-ring (bicyclic) bond motifs is 2. The number of rotatable bonds is 3. The molecule has 0 radical (unpaired) electrons. The van der Waals surface area contributed by atoms with E-state index in [0.717, 1.165) is 0 Å². The van der Waals surface area contributed by atoms with Crippen LogP contribution < -0.4 is 10.5 Å². The lowest BCUT2D eigenvalue weighted by Crippen LogP contribution is -2.51. The average molecular weight is 448 g/mol. The van der Waals surface area contributed by atoms with Crippen LogP contribution >= 0.6 is 0 Å². The van der Waals surface area contributed by atoms with Crippen molar-refractivity contribution in [2.75, 3.05) is 7.05 Å². The Kier molecular flexibility index (Phi) is 4.70. The molecule has 0 fully saturated rings. The van der Waals surface area contributed by atoms with Gasteiger partial charge in [0.15, 0.2) is 11.5 Å². The number of hydrogen-bond acceptors (Lipinski definition) is 5. The summed E-state index contributed by atoms with van der Waals surface area (Å²) in [6.07, 6.45) is 1.74. The molecule has 2 atom stereocenters. The molecule has 8 heteroatoms. The van der Waals surface area contributed by atoms with E-state index in [4.69, 9.17) is 10.5 Å². The van der Waals surface area contributed by atoms with Crippen molar-refractivity contribution in [2.45, 2.75) is 30.9 Å². The van der Waals surface area contributed by atoms with E-state index < -0.39 is 17.1 Å². The summed E-state index contributed by atoms with van der Waals surface area (Å²) in [4.78, 5) is 23.1. The Hall–Kier alpha value is -3.81. The summed E-state index contributed by atoms with van der Waals surface area (Å²) in [5.41, 5.74) is 5.55. The number of likely N-dealkylation sites (N-methyl/N-ethyl adjacent to an activating group) is 1. The number of aromatic nitrogens is 1. The molecule has 5 rings (SSSR count). The third-order valence-electron chi connectivity index (χ3n) is 6.31. The molecule has 33 heavy (non-hydrogen) atoms. The quantitative estimate of drug-likeness (QED) is 0.618. The first-order valence-corrected chi connectivity index (χ1v) is 10.5. The van der Waals surface area contributed by atoms with E-state index in [2.05, 4.69) is 9.98 Å². The topological polar surface area (TPSA) is 80.8 Å². The summed E-state index contributed by atoms with van der Waals surface area (Å²) < 4.78 is 35.2. The van der Waals surface area contributed by atoms with Crippen molar-refractivity contribution in [1.29, 1.82) is 0 Å². The first kappa shape index (κ1) is 21.1. The van der Waals surface area contributed by atoms with Crippen LogP contribution in [0.15, 0.2) is 65.8 Å². The maximum absolute atomic E-state index is 14.4. The molecule has 1 spiro atoms. The largest absolute Gasteiger partial charge is 0.487 e. The zero-order valence-electron chi connectivity index (χ0n) is 18.2. The van der Waals surface area contributed by atoms with Gasteiger partial charge in [0.1, 0.15) is 17.2 Å². The molecule has 2 aromatic carbocycles. The number of nitrogens with zero attached hydrogens (tertiary/aromatic N) is 3. The summed E-state index contributed by atoms with van der Waals surface area (Å²) in [5, 5.41) is 0. The van der Waals surface area contributed by atoms with Crippen LogP contribution in [-0.4, -0.2) is 34.4 Å². The fourth-order valence-electron chi connectivity index (χ4n) is 4.78. The van der Waals surface area contributed by atoms with Gasteiger partial charge in [-0.3, -0.25) is 9.69 Å². The van der Waals surface area contributed by atoms with Gasteiger partial charge in [0.05, 0.1) is 0 Å². The Balaban J connectivity index is 1.66. The average Bonchev–Trinajstić information content (AvgIpc) is 2.99. The van der Waals surface area contributed by atoms with E-state index in [-0.39, 0.29) is 30.5 Å². The number of amides is 1. The van der Waals surface area contributed by atoms with Crippen molar-refractivity contribution < 1.29 is 18.3 Å². The molecule has 0 aliphatic carbocycles. The number of guanidine groups is 1. The molecule has 6 nitrogen and oxygen atoms in total. The van der Waals surface area contributed by atoms with Crippen LogP contribution in [0.3, 0.4) is 0 Å². The molecule has 1 unspecified atom stereocenters. The number of ether oxygens (including phenoxy) is 1. The van der Waals surface area contributed by atoms with Gasteiger partial charge in [-0.05, 0) is 48.4 Å². The summed E-state index contributed by atoms with van der Waals surface area (Å²) in [6, 6.07) is 14.8. The predicted octanol–water partition coefficient (Wildman–Crippen LogP) is 3.79. The van der Waals surface area contributed by atoms with Crippen molar-refractivity contribution in [3.05, 3.63) is 83.7 Å². The van der Waals surface area contributed by atoms with Crippen LogP contribution in [-0.2, 0) is 16.8 Å². The van der Waals surface area contributed by atoms with Crippen LogP contribution in [0.2, 0.25) is 0 Å². The van der Waals surface area contributed by atoms with Crippen molar-refractivity contribution in [3.8, 4) is 16.9 Å². The van der Waals surface area contributed by atoms with Crippen LogP contribution in [0.1, 0.15) is 24.5 Å². The van der Waals surface area contributed by atoms with E-state index in [1.54, 1.807) is 55.6 Å². The molecule has 1 aromatic heterocycles. The lowest BCUT2D eigenvalue weighted by molar-refractivity contribution is -0.133. The minimum atomic E-state index is -1.36. The second-order valence-electron chi connectivity index (χ2n) is 8.74. The van der Waals surface area contributed by atoms with E-state index in [1.807, 2.05) is 6.92 Å². The summed E-state index contributed by atoms with van der Waals surface area (Å²) in [6.45, 7) is 1.83. The minimum absolute atomic E-state index is 0.0825. The zero-order valence-corrected chi connectivity index (χ0v) is 18.2. The van der Waals surface area contributed by atoms with Gasteiger partial charge in [-0.15, -0.1) is 0 Å². The van der Waals surface area contributed by atoms with Crippen LogP contribution in [0, 0.1) is 11.8 Å². The lowest BCUT2D eigenvalue weighted by atomic mass is 9.74. The number of halogens is 2. The molecule has 2 aliphatic heterocycles. The molecule has 1 amide bonds. The fraction of sp³-hybridized carbons (Fsp3) is 0.240. The molecular weight excluding hydrogens is 426 g/mol. The van der Waals surface area contributed by atoms with Crippen molar-refractivity contribution >= 4 is 11.9 Å². The monoisotopic (exact) mass is 448 g/mol. The van der Waals surface area contributed by atoms with Gasteiger partial charge in [0.25, 0.3) is 5.91 Å². The van der Waals surface area contributed by atoms with E-state index in [1.165, 1.54) is 17.2 Å². The second-order valence-corrected chi connectivity index (χ2v) is 8.74. The Bertz CT molecular complexity index is 1310. The number of benzene rings is 2. The third-order valence-corrected chi connectivity index (χ3v) is 6.31. The maximum Gasteiger partial charge on any atom is 0.261 e. The van der Waals surface area contributed by atoms with Crippen molar-refractivity contribution in [3.63, 3.8) is 0 Å². The van der Waals surface area contributed by atoms with Crippen molar-refractivity contribution in [2.24, 2.45) is 10.7 Å². The summed E-state index contributed by atoms with van der Waals surface area (Å²) in [7, 11) is 1.56. The van der Waals surface area contributed by atoms with Crippen LogP contribution in [0.25, 0.3) is 11.1 Å². The number of nitrogens with two attached hydrogens (primary N) is 1. The first-order chi connectivity index (χ1) is 15.7. The highest BCUT2D eigenvalue weighted by atomic mass is 19.1. The van der Waals surface area contributed by atoms with Gasteiger partial charge in [-0.1, -0.05) is 24.3 Å². The standard InChI is InChI=1S/C25H22F2N4O2/c1-24(13-16-6-3-4-8-19(16)26)14-25(22(32)31(2)23(28)30-25)18-12-15(9-10-20(18)33-24)17-7-5-11-29-21(17)27/h3-12H,13-14H2,1-2H3,(H2,28,30)/t24-,25?/m1/s1. The zero-order chi connectivity index (χ0) is 23.4. The molecular formula is C25H22F2N4O2. The molecule has 0 bridgehead atoms. The summed E-state index contributed by atoms with van der Waals surface area (Å²) >= 11 is 0. The number of hydrogen-bond donors (Lipinski definition) is 1. The molecule has 0 saturated heterocycles. The number of pyridine rings is 1. The Morgan fingerprint density at radius 2 is 1.94 bits per heavy atom. The van der Waals surface area contributed by atoms with Crippen LogP contribution in [0.4, 0.5) is 8.78 Å². The number of aliphatic imine (C=N–C) groups is 1. The molecule has 168 valence electrons. The van der Waals surface area contributed by atoms with E-state index in [0.29, 0.717) is 28.0 Å². The molecule has 0 saturated carbocycles. The van der Waals surface area contributed by atoms with Gasteiger partial charge in [-0.25, -0.2) is 14.4 Å². The van der Waals surface area contributed by atoms with Gasteiger partial charge < -0.3 is 10.5 Å². The highest BCUT2D eigenvalue weighted by molar-refractivity contribution is 6.07. The SMILES string of the molecule is CN1C(=O)C2(C[C@@](C)(Cc3ccccc3F)Oc3ccc(-c4cccnc4F)cc32)N=C1N. The number of carbonyl (C=O) groups is 1. The van der Waals surface area contributed by atoms with Gasteiger partial charge in [0.2, 0.25) is 5.95 Å². The Morgan fingerprint density at radius 3 is 2.64 bits per heavy atom. The molecule has 3 heterocycles. The van der Waals surface area contributed by atoms with Crippen molar-refractivity contribution in [1.82, 2.24) is 9.88 Å². The highest BCUT2D eigenvalue weighted by Crippen LogP contribution is 2.50. The lowest BCUT2D eigenvalue weighted by Gasteiger charge is -2.43. The minimum Gasteiger partial charge on any atom is -0.487 e. The molecule has 3 aromatic rings. The molecule has 2 N–H and O–H groups in total. The van der Waals surface area contributed by atoms with E-state index >= 15 is 0 Å². The maximum atomic E-state index is 14.4. The Labute approximate surface area is 189 Å². The molecule has 2 aliphatic rings. The summed E-state index contributed by atoms with van der Waals surface area (Å²) in [5.74, 6) is -0.770. The second kappa shape index (κ2) is 7.37. The normalized spacial score (nSPS) is 23.9. The first-order valence-electron chi connectivity index (χ1n) is 10.5. The van der Waals surface area contributed by atoms with Gasteiger partial charge >= 0.3 is 0 Å². The fourth-order valence-corrected chi connectivity index (χ4v) is 4.78. The highest BCUT2D eigenvalue weighted by Gasteiger charge is 2.56. The predicted molar refractivity (Wildman–Crippen MR) is 119 cm³/mol. The third kappa shape index (κ3) is 3.33. The van der Waals surface area contributed by atoms with Crippen LogP contribution in [0.5, 0.6) is 5.75 Å². The van der Waals surface area contributed by atoms with Gasteiger partial charge in [0, 0.05) is 37.2 Å². The Morgan fingerprint density at radius 1 is 1.15 bits per heavy atom.